The van der Waals surface area contributed by atoms with E-state index in [2.05, 4.69) is 48.5 Å². The minimum atomic E-state index is -0.436. The molecule has 2 unspecified atom stereocenters. The molecule has 30 heavy (non-hydrogen) atoms. The van der Waals surface area contributed by atoms with E-state index in [-0.39, 0.29) is 6.10 Å². The lowest BCUT2D eigenvalue weighted by atomic mass is 9.90. The number of hydrogen-bond acceptors (Lipinski definition) is 5. The molecule has 3 aromatic rings. The van der Waals surface area contributed by atoms with Gasteiger partial charge in [0.2, 0.25) is 0 Å². The maximum atomic E-state index is 11.4. The monoisotopic (exact) mass is 423 g/mol. The van der Waals surface area contributed by atoms with Gasteiger partial charge in [0.15, 0.2) is 5.58 Å². The topological polar surface area (TPSA) is 70.8 Å². The van der Waals surface area contributed by atoms with E-state index >= 15 is 0 Å². The Morgan fingerprint density at radius 3 is 2.73 bits per heavy atom. The van der Waals surface area contributed by atoms with Crippen molar-refractivity contribution in [3.63, 3.8) is 0 Å². The van der Waals surface area contributed by atoms with Gasteiger partial charge in [0.05, 0.1) is 11.2 Å². The second-order valence-corrected chi connectivity index (χ2v) is 9.05. The molecule has 7 heteroatoms. The number of rotatable bonds is 5. The lowest BCUT2D eigenvalue weighted by molar-refractivity contribution is 0.0419. The Morgan fingerprint density at radius 1 is 1.13 bits per heavy atom. The number of oxazole rings is 1. The summed E-state index contributed by atoms with van der Waals surface area (Å²) in [5, 5.41) is 5.54. The summed E-state index contributed by atoms with van der Waals surface area (Å²) in [6.45, 7) is 3.13. The highest BCUT2D eigenvalue weighted by molar-refractivity contribution is 7.27. The average Bonchev–Trinajstić information content (AvgIpc) is 3.36. The van der Waals surface area contributed by atoms with Crippen molar-refractivity contribution in [2.75, 3.05) is 19.6 Å². The van der Waals surface area contributed by atoms with Crippen LogP contribution in [0.3, 0.4) is 0 Å². The second-order valence-electron chi connectivity index (χ2n) is 8.38. The van der Waals surface area contributed by atoms with Crippen LogP contribution in [0.5, 0.6) is 0 Å². The van der Waals surface area contributed by atoms with Crippen LogP contribution in [0.1, 0.15) is 30.4 Å². The molecule has 2 aliphatic rings. The van der Waals surface area contributed by atoms with Crippen LogP contribution in [-0.4, -0.2) is 41.3 Å². The minimum absolute atomic E-state index is 0.0834. The van der Waals surface area contributed by atoms with Crippen molar-refractivity contribution >= 4 is 31.4 Å². The van der Waals surface area contributed by atoms with Gasteiger partial charge in [0, 0.05) is 18.5 Å². The zero-order valence-electron chi connectivity index (χ0n) is 16.8. The molecule has 0 radical (unpaired) electrons. The normalized spacial score (nSPS) is 20.4. The van der Waals surface area contributed by atoms with Crippen molar-refractivity contribution in [3.8, 4) is 0 Å². The first-order valence-electron chi connectivity index (χ1n) is 10.5. The molecule has 156 valence electrons. The predicted molar refractivity (Wildman–Crippen MR) is 122 cm³/mol. The fraction of sp³-hybridized carbons (Fsp3) is 0.391. The molecule has 2 atom stereocenters. The van der Waals surface area contributed by atoms with Gasteiger partial charge in [-0.25, -0.2) is 4.79 Å². The Labute approximate surface area is 177 Å². The largest absolute Gasteiger partial charge is 0.417 e. The number of hydrogen-bond donors (Lipinski definition) is 1. The number of likely N-dealkylation sites (tertiary alicyclic amines) is 1. The van der Waals surface area contributed by atoms with Crippen molar-refractivity contribution in [1.82, 2.24) is 9.88 Å². The maximum absolute atomic E-state index is 11.4. The molecule has 1 N–H and O–H groups in total. The minimum Gasteiger partial charge on any atom is -0.408 e. The fourth-order valence-corrected chi connectivity index (χ4v) is 4.66. The highest BCUT2D eigenvalue weighted by atomic mass is 31.0. The van der Waals surface area contributed by atoms with E-state index in [1.807, 2.05) is 18.2 Å². The molecule has 0 bridgehead atoms. The first kappa shape index (κ1) is 19.5. The highest BCUT2D eigenvalue weighted by Crippen LogP contribution is 2.24. The van der Waals surface area contributed by atoms with Gasteiger partial charge in [0.1, 0.15) is 6.10 Å². The average molecular weight is 423 g/mol. The van der Waals surface area contributed by atoms with Gasteiger partial charge in [-0.3, -0.25) is 9.88 Å². The Kier molecular flexibility index (Phi) is 5.45. The first-order valence-corrected chi connectivity index (χ1v) is 11.1. The number of fused-ring (bicyclic) bond motifs is 1. The number of aromatic amines is 1. The van der Waals surface area contributed by atoms with Crippen molar-refractivity contribution in [2.45, 2.75) is 31.8 Å². The number of oxime groups is 1. The van der Waals surface area contributed by atoms with Gasteiger partial charge in [-0.2, -0.15) is 0 Å². The first-order chi connectivity index (χ1) is 14.6. The smallest absolute Gasteiger partial charge is 0.408 e. The second kappa shape index (κ2) is 8.37. The van der Waals surface area contributed by atoms with E-state index in [9.17, 15) is 4.79 Å². The predicted octanol–water partition coefficient (Wildman–Crippen LogP) is 3.07. The van der Waals surface area contributed by atoms with E-state index in [4.69, 9.17) is 9.25 Å². The van der Waals surface area contributed by atoms with Gasteiger partial charge >= 0.3 is 5.76 Å². The number of nitrogens with one attached hydrogen (secondary N) is 1. The molecule has 5 rings (SSSR count). The number of piperidine rings is 1. The van der Waals surface area contributed by atoms with E-state index in [0.29, 0.717) is 11.1 Å². The number of nitrogens with zero attached hydrogens (tertiary/aromatic N) is 2. The summed E-state index contributed by atoms with van der Waals surface area (Å²) in [5.41, 5.74) is 4.55. The fourth-order valence-electron chi connectivity index (χ4n) is 4.47. The number of benzene rings is 2. The summed E-state index contributed by atoms with van der Waals surface area (Å²) in [6, 6.07) is 14.5. The molecule has 2 aromatic carbocycles. The molecule has 6 nitrogen and oxygen atoms in total. The van der Waals surface area contributed by atoms with Crippen molar-refractivity contribution in [1.29, 1.82) is 0 Å². The molecule has 1 aromatic heterocycles. The highest BCUT2D eigenvalue weighted by Gasteiger charge is 2.27. The molecule has 0 amide bonds. The van der Waals surface area contributed by atoms with Crippen LogP contribution in [0.25, 0.3) is 11.1 Å². The van der Waals surface area contributed by atoms with Gasteiger partial charge in [-0.05, 0) is 61.3 Å². The Morgan fingerprint density at radius 2 is 1.93 bits per heavy atom. The third-order valence-corrected chi connectivity index (χ3v) is 6.55. The van der Waals surface area contributed by atoms with Crippen LogP contribution in [-0.2, 0) is 11.3 Å². The van der Waals surface area contributed by atoms with E-state index < -0.39 is 5.76 Å². The molecule has 0 aliphatic carbocycles. The summed E-state index contributed by atoms with van der Waals surface area (Å²) in [6.07, 6.45) is 4.49. The summed E-state index contributed by atoms with van der Waals surface area (Å²) < 4.78 is 5.16. The van der Waals surface area contributed by atoms with Gasteiger partial charge < -0.3 is 9.25 Å². The summed E-state index contributed by atoms with van der Waals surface area (Å²) in [4.78, 5) is 22.2. The number of H-pyrrole nitrogens is 1. The van der Waals surface area contributed by atoms with Gasteiger partial charge in [-0.1, -0.05) is 35.5 Å². The van der Waals surface area contributed by atoms with Gasteiger partial charge in [-0.15, -0.1) is 9.24 Å². The maximum Gasteiger partial charge on any atom is 0.417 e. The van der Waals surface area contributed by atoms with Crippen molar-refractivity contribution in [2.24, 2.45) is 11.1 Å². The third kappa shape index (κ3) is 4.35. The summed E-state index contributed by atoms with van der Waals surface area (Å²) in [7, 11) is 2.74. The quantitative estimate of drug-likeness (QED) is 0.641. The molecule has 1 fully saturated rings. The van der Waals surface area contributed by atoms with Crippen molar-refractivity contribution < 1.29 is 9.25 Å². The van der Waals surface area contributed by atoms with Crippen LogP contribution in [0.15, 0.2) is 56.8 Å². The molecular weight excluding hydrogens is 397 g/mol. The zero-order valence-corrected chi connectivity index (χ0v) is 18.0. The molecule has 0 saturated carbocycles. The van der Waals surface area contributed by atoms with Crippen LogP contribution < -0.4 is 11.1 Å². The van der Waals surface area contributed by atoms with Crippen LogP contribution in [0.2, 0.25) is 0 Å². The molecule has 3 heterocycles. The van der Waals surface area contributed by atoms with Crippen LogP contribution in [0.4, 0.5) is 0 Å². The standard InChI is InChI=1S/C23H26N3O3P/c27-23-24-20-6-3-17(12-22(20)28-23)21-13-18(29-25-21)14-26-9-7-16(8-10-26)11-15-1-4-19(30)5-2-15/h1-6,12,16,18H,7-11,13-14,30H2,(H,24,27). The number of aromatic nitrogens is 1. The van der Waals surface area contributed by atoms with E-state index in [1.54, 1.807) is 0 Å². The Balaban J connectivity index is 1.12. The van der Waals surface area contributed by atoms with Crippen LogP contribution in [0, 0.1) is 5.92 Å². The van der Waals surface area contributed by atoms with Gasteiger partial charge in [0.25, 0.3) is 0 Å². The molecular formula is C23H26N3O3P. The Bertz CT molecular complexity index is 1110. The lowest BCUT2D eigenvalue weighted by Gasteiger charge is -2.33. The molecule has 2 aliphatic heterocycles. The van der Waals surface area contributed by atoms with E-state index in [1.165, 1.54) is 30.1 Å². The lowest BCUT2D eigenvalue weighted by Crippen LogP contribution is -2.39. The van der Waals surface area contributed by atoms with Crippen LogP contribution >= 0.6 is 9.24 Å². The molecule has 0 spiro atoms. The Hall–Kier alpha value is -2.43. The SMILES string of the molecule is O=c1[nH]c2ccc(C3=NOC(CN4CCC(Cc5ccc(P)cc5)CC4)C3)cc2o1. The van der Waals surface area contributed by atoms with Crippen molar-refractivity contribution in [3.05, 3.63) is 64.1 Å². The molecule has 1 saturated heterocycles. The zero-order chi connectivity index (χ0) is 20.5. The summed E-state index contributed by atoms with van der Waals surface area (Å²) in [5.74, 6) is 0.324. The summed E-state index contributed by atoms with van der Waals surface area (Å²) >= 11 is 0. The third-order valence-electron chi connectivity index (χ3n) is 6.16. The van der Waals surface area contributed by atoms with E-state index in [0.717, 1.165) is 43.2 Å².